The standard InChI is InChI=1S/C12H16FNS/c1-9-7-10(13)4-5-12(9)14-11-3-2-6-15-8-11/h4-5,7,11,14H,2-3,6,8H2,1H3. The van der Waals surface area contributed by atoms with Gasteiger partial charge in [-0.2, -0.15) is 11.8 Å². The van der Waals surface area contributed by atoms with Crippen LogP contribution in [0.2, 0.25) is 0 Å². The summed E-state index contributed by atoms with van der Waals surface area (Å²) in [6.07, 6.45) is 2.51. The van der Waals surface area contributed by atoms with E-state index >= 15 is 0 Å². The zero-order chi connectivity index (χ0) is 10.7. The van der Waals surface area contributed by atoms with Crippen LogP contribution in [0.15, 0.2) is 18.2 Å². The molecule has 1 aliphatic heterocycles. The number of hydrogen-bond acceptors (Lipinski definition) is 2. The third-order valence-electron chi connectivity index (χ3n) is 2.71. The Morgan fingerprint density at radius 1 is 1.47 bits per heavy atom. The Balaban J connectivity index is 2.03. The molecule has 2 rings (SSSR count). The molecule has 3 heteroatoms. The summed E-state index contributed by atoms with van der Waals surface area (Å²) in [5.41, 5.74) is 2.06. The lowest BCUT2D eigenvalue weighted by molar-refractivity contribution is 0.626. The molecule has 15 heavy (non-hydrogen) atoms. The highest BCUT2D eigenvalue weighted by Crippen LogP contribution is 2.23. The van der Waals surface area contributed by atoms with E-state index in [4.69, 9.17) is 0 Å². The van der Waals surface area contributed by atoms with Gasteiger partial charge >= 0.3 is 0 Å². The molecule has 1 unspecified atom stereocenters. The van der Waals surface area contributed by atoms with Gasteiger partial charge < -0.3 is 5.32 Å². The Labute approximate surface area is 94.5 Å². The second-order valence-electron chi connectivity index (χ2n) is 4.02. The molecule has 0 saturated carbocycles. The number of rotatable bonds is 2. The van der Waals surface area contributed by atoms with E-state index < -0.39 is 0 Å². The predicted molar refractivity (Wildman–Crippen MR) is 65.1 cm³/mol. The first kappa shape index (κ1) is 10.8. The van der Waals surface area contributed by atoms with Crippen LogP contribution in [-0.2, 0) is 0 Å². The maximum absolute atomic E-state index is 12.9. The van der Waals surface area contributed by atoms with Crippen molar-refractivity contribution >= 4 is 17.4 Å². The summed E-state index contributed by atoms with van der Waals surface area (Å²) in [5, 5.41) is 3.49. The van der Waals surface area contributed by atoms with Crippen LogP contribution < -0.4 is 5.32 Å². The summed E-state index contributed by atoms with van der Waals surface area (Å²) in [4.78, 5) is 0. The molecule has 1 nitrogen and oxygen atoms in total. The summed E-state index contributed by atoms with van der Waals surface area (Å²) < 4.78 is 12.9. The number of aryl methyl sites for hydroxylation is 1. The summed E-state index contributed by atoms with van der Waals surface area (Å²) in [6.45, 7) is 1.95. The summed E-state index contributed by atoms with van der Waals surface area (Å²) in [7, 11) is 0. The maximum Gasteiger partial charge on any atom is 0.123 e. The van der Waals surface area contributed by atoms with Crippen LogP contribution in [0.3, 0.4) is 0 Å². The second kappa shape index (κ2) is 4.88. The van der Waals surface area contributed by atoms with Crippen molar-refractivity contribution in [3.05, 3.63) is 29.6 Å². The van der Waals surface area contributed by atoms with Crippen molar-refractivity contribution in [3.63, 3.8) is 0 Å². The van der Waals surface area contributed by atoms with E-state index in [0.29, 0.717) is 6.04 Å². The molecule has 1 aromatic rings. The average molecular weight is 225 g/mol. The fourth-order valence-corrected chi connectivity index (χ4v) is 2.94. The van der Waals surface area contributed by atoms with Crippen molar-refractivity contribution in [1.82, 2.24) is 0 Å². The first-order valence-electron chi connectivity index (χ1n) is 5.36. The van der Waals surface area contributed by atoms with E-state index in [-0.39, 0.29) is 5.82 Å². The SMILES string of the molecule is Cc1cc(F)ccc1NC1CCCSC1. The van der Waals surface area contributed by atoms with E-state index in [2.05, 4.69) is 5.32 Å². The van der Waals surface area contributed by atoms with Crippen molar-refractivity contribution in [2.24, 2.45) is 0 Å². The van der Waals surface area contributed by atoms with Crippen LogP contribution in [-0.4, -0.2) is 17.5 Å². The first-order valence-corrected chi connectivity index (χ1v) is 6.51. The van der Waals surface area contributed by atoms with Crippen LogP contribution in [0.25, 0.3) is 0 Å². The van der Waals surface area contributed by atoms with Gasteiger partial charge in [0.2, 0.25) is 0 Å². The van der Waals surface area contributed by atoms with Gasteiger partial charge in [0.25, 0.3) is 0 Å². The highest BCUT2D eigenvalue weighted by molar-refractivity contribution is 7.99. The van der Waals surface area contributed by atoms with Crippen molar-refractivity contribution in [1.29, 1.82) is 0 Å². The topological polar surface area (TPSA) is 12.0 Å². The molecule has 82 valence electrons. The van der Waals surface area contributed by atoms with E-state index in [1.807, 2.05) is 24.8 Å². The smallest absolute Gasteiger partial charge is 0.123 e. The van der Waals surface area contributed by atoms with Gasteiger partial charge in [0.05, 0.1) is 0 Å². The van der Waals surface area contributed by atoms with Crippen molar-refractivity contribution < 1.29 is 4.39 Å². The molecule has 1 atom stereocenters. The van der Waals surface area contributed by atoms with E-state index in [1.54, 1.807) is 6.07 Å². The normalized spacial score (nSPS) is 21.3. The average Bonchev–Trinajstić information content (AvgIpc) is 2.24. The lowest BCUT2D eigenvalue weighted by atomic mass is 10.1. The number of hydrogen-bond donors (Lipinski definition) is 1. The van der Waals surface area contributed by atoms with Gasteiger partial charge in [-0.25, -0.2) is 4.39 Å². The minimum atomic E-state index is -0.156. The van der Waals surface area contributed by atoms with Crippen LogP contribution in [0.1, 0.15) is 18.4 Å². The molecule has 1 N–H and O–H groups in total. The number of halogens is 1. The largest absolute Gasteiger partial charge is 0.381 e. The highest BCUT2D eigenvalue weighted by Gasteiger charge is 2.13. The zero-order valence-corrected chi connectivity index (χ0v) is 9.74. The summed E-state index contributed by atoms with van der Waals surface area (Å²) in [5.74, 6) is 2.29. The van der Waals surface area contributed by atoms with Crippen LogP contribution in [0.5, 0.6) is 0 Å². The Morgan fingerprint density at radius 3 is 3.00 bits per heavy atom. The molecule has 1 heterocycles. The Kier molecular flexibility index (Phi) is 3.52. The molecule has 0 bridgehead atoms. The van der Waals surface area contributed by atoms with Gasteiger partial charge in [-0.1, -0.05) is 0 Å². The molecule has 0 aliphatic carbocycles. The van der Waals surface area contributed by atoms with Gasteiger partial charge in [-0.3, -0.25) is 0 Å². The van der Waals surface area contributed by atoms with Crippen LogP contribution in [0, 0.1) is 12.7 Å². The highest BCUT2D eigenvalue weighted by atomic mass is 32.2. The van der Waals surface area contributed by atoms with Crippen LogP contribution in [0.4, 0.5) is 10.1 Å². The van der Waals surface area contributed by atoms with Crippen molar-refractivity contribution in [3.8, 4) is 0 Å². The van der Waals surface area contributed by atoms with E-state index in [0.717, 1.165) is 17.0 Å². The lowest BCUT2D eigenvalue weighted by Crippen LogP contribution is -2.26. The predicted octanol–water partition coefficient (Wildman–Crippen LogP) is 3.44. The minimum Gasteiger partial charge on any atom is -0.381 e. The van der Waals surface area contributed by atoms with Gasteiger partial charge in [0.15, 0.2) is 0 Å². The zero-order valence-electron chi connectivity index (χ0n) is 8.92. The molecule has 0 aromatic heterocycles. The van der Waals surface area contributed by atoms with Gasteiger partial charge in [0.1, 0.15) is 5.82 Å². The summed E-state index contributed by atoms with van der Waals surface area (Å²) in [6, 6.07) is 5.49. The van der Waals surface area contributed by atoms with Crippen molar-refractivity contribution in [2.45, 2.75) is 25.8 Å². The monoisotopic (exact) mass is 225 g/mol. The molecule has 0 amide bonds. The molecular formula is C12H16FNS. The second-order valence-corrected chi connectivity index (χ2v) is 5.17. The van der Waals surface area contributed by atoms with Crippen molar-refractivity contribution in [2.75, 3.05) is 16.8 Å². The van der Waals surface area contributed by atoms with Gasteiger partial charge in [-0.05, 0) is 49.3 Å². The maximum atomic E-state index is 12.9. The lowest BCUT2D eigenvalue weighted by Gasteiger charge is -2.24. The molecule has 1 aliphatic rings. The fraction of sp³-hybridized carbons (Fsp3) is 0.500. The van der Waals surface area contributed by atoms with E-state index in [1.165, 1.54) is 24.7 Å². The Hall–Kier alpha value is -0.700. The number of nitrogens with one attached hydrogen (secondary N) is 1. The number of thioether (sulfide) groups is 1. The molecule has 1 fully saturated rings. The first-order chi connectivity index (χ1) is 7.25. The molecule has 0 spiro atoms. The minimum absolute atomic E-state index is 0.156. The summed E-state index contributed by atoms with van der Waals surface area (Å²) >= 11 is 1.99. The fourth-order valence-electron chi connectivity index (χ4n) is 1.86. The van der Waals surface area contributed by atoms with E-state index in [9.17, 15) is 4.39 Å². The molecular weight excluding hydrogens is 209 g/mol. The van der Waals surface area contributed by atoms with Gasteiger partial charge in [0, 0.05) is 17.5 Å². The number of benzene rings is 1. The third-order valence-corrected chi connectivity index (χ3v) is 3.92. The third kappa shape index (κ3) is 2.88. The van der Waals surface area contributed by atoms with Gasteiger partial charge in [-0.15, -0.1) is 0 Å². The number of anilines is 1. The quantitative estimate of drug-likeness (QED) is 0.827. The molecule has 0 radical (unpaired) electrons. The Bertz CT molecular complexity index is 334. The van der Waals surface area contributed by atoms with Crippen LogP contribution >= 0.6 is 11.8 Å². The molecule has 1 aromatic carbocycles. The molecule has 1 saturated heterocycles. The Morgan fingerprint density at radius 2 is 2.33 bits per heavy atom.